The number of fused-ring (bicyclic) bond motifs is 6. The fourth-order valence-corrected chi connectivity index (χ4v) is 11.3. The van der Waals surface area contributed by atoms with Crippen molar-refractivity contribution in [1.29, 1.82) is 0 Å². The zero-order chi connectivity index (χ0) is 45.7. The van der Waals surface area contributed by atoms with Gasteiger partial charge in [-0.1, -0.05) is 273 Å². The summed E-state index contributed by atoms with van der Waals surface area (Å²) >= 11 is 0. The molecule has 0 aromatic heterocycles. The molecule has 69 heavy (non-hydrogen) atoms. The molecule has 13 rings (SSSR count). The van der Waals surface area contributed by atoms with E-state index in [1.165, 1.54) is 121 Å². The van der Waals surface area contributed by atoms with Crippen molar-refractivity contribution in [1.82, 2.24) is 0 Å². The lowest BCUT2D eigenvalue weighted by Gasteiger charge is -2.34. The Bertz CT molecular complexity index is 3790. The third-order valence-electron chi connectivity index (χ3n) is 14.6. The Kier molecular flexibility index (Phi) is 9.84. The van der Waals surface area contributed by atoms with Crippen molar-refractivity contribution in [3.63, 3.8) is 0 Å². The largest absolute Gasteiger partial charge is 0.0713 e. The zero-order valence-electron chi connectivity index (χ0n) is 38.1. The van der Waals surface area contributed by atoms with E-state index in [-0.39, 0.29) is 0 Å². The number of benzene rings is 12. The average molecular weight is 875 g/mol. The molecule has 0 nitrogen and oxygen atoms in total. The predicted octanol–water partition coefficient (Wildman–Crippen LogP) is 18.3. The van der Waals surface area contributed by atoms with Crippen molar-refractivity contribution in [3.8, 4) is 55.6 Å². The smallest absolute Gasteiger partial charge is 0.0622 e. The second-order valence-electron chi connectivity index (χ2n) is 18.3. The first-order valence-corrected chi connectivity index (χ1v) is 24.0. The minimum Gasteiger partial charge on any atom is -0.0622 e. The lowest BCUT2D eigenvalue weighted by Crippen LogP contribution is -2.28. The monoisotopic (exact) mass is 874 g/mol. The van der Waals surface area contributed by atoms with Crippen LogP contribution in [0.3, 0.4) is 0 Å². The molecule has 0 aliphatic heterocycles. The van der Waals surface area contributed by atoms with Crippen LogP contribution in [0.15, 0.2) is 267 Å². The maximum atomic E-state index is 2.35. The summed E-state index contributed by atoms with van der Waals surface area (Å²) in [6, 6.07) is 98.4. The molecule has 12 aromatic carbocycles. The van der Waals surface area contributed by atoms with E-state index in [2.05, 4.69) is 279 Å². The van der Waals surface area contributed by atoms with E-state index in [4.69, 9.17) is 0 Å². The van der Waals surface area contributed by atoms with Gasteiger partial charge in [0.05, 0.1) is 5.41 Å². The Morgan fingerprint density at radius 1 is 0.246 bits per heavy atom. The van der Waals surface area contributed by atoms with Crippen LogP contribution in [0.4, 0.5) is 0 Å². The molecular weight excluding hydrogens is 829 g/mol. The molecule has 0 radical (unpaired) electrons. The standard InChI is InChI=1S/C69H46/c1-2-16-57(17-3-1)69(65-24-12-10-18-59(65)60-19-11-13-25-66(60)69)58-44-42-51(43-45-58)50-36-39-54(40-37-50)68-63-22-8-6-20-61(63)67(62-21-7-9-23-64(62)68)53-34-30-48(31-35-53)27-26-47-28-32-52(33-29-47)56-41-38-49-14-4-5-15-55(49)46-56/h1-46H. The molecule has 0 saturated carbocycles. The molecule has 0 unspecified atom stereocenters. The average Bonchev–Trinajstić information content (AvgIpc) is 3.73. The van der Waals surface area contributed by atoms with E-state index < -0.39 is 5.41 Å². The van der Waals surface area contributed by atoms with Gasteiger partial charge in [0.15, 0.2) is 0 Å². The first kappa shape index (κ1) is 40.4. The van der Waals surface area contributed by atoms with Crippen molar-refractivity contribution in [2.24, 2.45) is 0 Å². The van der Waals surface area contributed by atoms with Gasteiger partial charge >= 0.3 is 0 Å². The summed E-state index contributed by atoms with van der Waals surface area (Å²) in [7, 11) is 0. The van der Waals surface area contributed by atoms with Gasteiger partial charge in [0.2, 0.25) is 0 Å². The quantitative estimate of drug-likeness (QED) is 0.105. The molecule has 322 valence electrons. The summed E-state index contributed by atoms with van der Waals surface area (Å²) in [4.78, 5) is 0. The van der Waals surface area contributed by atoms with Gasteiger partial charge in [-0.3, -0.25) is 0 Å². The Morgan fingerprint density at radius 2 is 0.609 bits per heavy atom. The molecule has 12 aromatic rings. The van der Waals surface area contributed by atoms with Gasteiger partial charge in [-0.15, -0.1) is 0 Å². The summed E-state index contributed by atoms with van der Waals surface area (Å²) in [5, 5.41) is 7.54. The molecule has 1 aliphatic carbocycles. The van der Waals surface area contributed by atoms with Crippen LogP contribution in [-0.4, -0.2) is 0 Å². The predicted molar refractivity (Wildman–Crippen MR) is 293 cm³/mol. The topological polar surface area (TPSA) is 0 Å². The second kappa shape index (κ2) is 16.8. The highest BCUT2D eigenvalue weighted by molar-refractivity contribution is 6.21. The summed E-state index contributed by atoms with van der Waals surface area (Å²) < 4.78 is 0. The fraction of sp³-hybridized carbons (Fsp3) is 0.0145. The number of hydrogen-bond acceptors (Lipinski definition) is 0. The van der Waals surface area contributed by atoms with E-state index in [1.54, 1.807) is 0 Å². The molecule has 0 bridgehead atoms. The molecule has 0 spiro atoms. The van der Waals surface area contributed by atoms with E-state index in [0.717, 1.165) is 0 Å². The van der Waals surface area contributed by atoms with Crippen molar-refractivity contribution < 1.29 is 0 Å². The summed E-state index contributed by atoms with van der Waals surface area (Å²) in [6.07, 6.45) is 4.41. The Hall–Kier alpha value is -8.84. The van der Waals surface area contributed by atoms with E-state index in [9.17, 15) is 0 Å². The Morgan fingerprint density at radius 3 is 1.14 bits per heavy atom. The number of rotatable bonds is 8. The van der Waals surface area contributed by atoms with Gasteiger partial charge < -0.3 is 0 Å². The van der Waals surface area contributed by atoms with Crippen LogP contribution in [0.25, 0.3) is 100 Å². The van der Waals surface area contributed by atoms with Gasteiger partial charge in [0, 0.05) is 0 Å². The first-order chi connectivity index (χ1) is 34.2. The van der Waals surface area contributed by atoms with Gasteiger partial charge in [-0.05, 0) is 127 Å². The molecule has 0 amide bonds. The second-order valence-corrected chi connectivity index (χ2v) is 18.3. The summed E-state index contributed by atoms with van der Waals surface area (Å²) in [5.41, 5.74) is 19.6. The van der Waals surface area contributed by atoms with Crippen LogP contribution < -0.4 is 0 Å². The van der Waals surface area contributed by atoms with Crippen LogP contribution in [0.5, 0.6) is 0 Å². The SMILES string of the molecule is C(=Cc1ccc(-c2c3ccccc3c(-c3ccc(-c4ccc(C5(c6ccccc6)c6ccccc6-c6ccccc65)cc4)cc3)c3ccccc23)cc1)c1ccc(-c2ccc3ccccc3c2)cc1. The van der Waals surface area contributed by atoms with Crippen molar-refractivity contribution >= 4 is 44.5 Å². The van der Waals surface area contributed by atoms with Crippen molar-refractivity contribution in [3.05, 3.63) is 300 Å². The van der Waals surface area contributed by atoms with Crippen LogP contribution in [0.2, 0.25) is 0 Å². The van der Waals surface area contributed by atoms with E-state index >= 15 is 0 Å². The van der Waals surface area contributed by atoms with Gasteiger partial charge in [-0.2, -0.15) is 0 Å². The Balaban J connectivity index is 0.807. The first-order valence-electron chi connectivity index (χ1n) is 24.0. The maximum absolute atomic E-state index is 2.35. The highest BCUT2D eigenvalue weighted by Gasteiger charge is 2.45. The molecular formula is C69H46. The highest BCUT2D eigenvalue weighted by atomic mass is 14.5. The normalized spacial score (nSPS) is 12.7. The van der Waals surface area contributed by atoms with Gasteiger partial charge in [-0.25, -0.2) is 0 Å². The van der Waals surface area contributed by atoms with E-state index in [0.29, 0.717) is 0 Å². The van der Waals surface area contributed by atoms with Crippen LogP contribution >= 0.6 is 0 Å². The molecule has 0 heterocycles. The minimum absolute atomic E-state index is 0.405. The maximum Gasteiger partial charge on any atom is 0.0713 e. The highest BCUT2D eigenvalue weighted by Crippen LogP contribution is 2.56. The summed E-state index contributed by atoms with van der Waals surface area (Å²) in [5.74, 6) is 0. The molecule has 0 N–H and O–H groups in total. The third-order valence-corrected chi connectivity index (χ3v) is 14.6. The minimum atomic E-state index is -0.405. The van der Waals surface area contributed by atoms with Gasteiger partial charge in [0.1, 0.15) is 0 Å². The van der Waals surface area contributed by atoms with Crippen molar-refractivity contribution in [2.45, 2.75) is 5.41 Å². The van der Waals surface area contributed by atoms with E-state index in [1.807, 2.05) is 0 Å². The lowest BCUT2D eigenvalue weighted by molar-refractivity contribution is 0.768. The molecule has 0 saturated heterocycles. The fourth-order valence-electron chi connectivity index (χ4n) is 11.3. The molecule has 1 aliphatic rings. The Labute approximate surface area is 403 Å². The summed E-state index contributed by atoms with van der Waals surface area (Å²) in [6.45, 7) is 0. The molecule has 0 atom stereocenters. The number of hydrogen-bond donors (Lipinski definition) is 0. The third kappa shape index (κ3) is 6.84. The zero-order valence-corrected chi connectivity index (χ0v) is 38.1. The van der Waals surface area contributed by atoms with Gasteiger partial charge in [0.25, 0.3) is 0 Å². The van der Waals surface area contributed by atoms with Crippen LogP contribution in [-0.2, 0) is 5.41 Å². The lowest BCUT2D eigenvalue weighted by atomic mass is 9.67. The van der Waals surface area contributed by atoms with Crippen molar-refractivity contribution in [2.75, 3.05) is 0 Å². The molecule has 0 heteroatoms. The van der Waals surface area contributed by atoms with Crippen LogP contribution in [0.1, 0.15) is 33.4 Å². The van der Waals surface area contributed by atoms with Crippen LogP contribution in [0, 0.1) is 0 Å². The molecule has 0 fully saturated rings.